The third-order valence-electron chi connectivity index (χ3n) is 5.17. The number of nitrogens with one attached hydrogen (secondary N) is 2. The number of amides is 2. The summed E-state index contributed by atoms with van der Waals surface area (Å²) in [4.78, 5) is 48.8. The molecule has 2 amide bonds. The monoisotopic (exact) mass is 483 g/mol. The molecule has 1 aromatic carbocycles. The van der Waals surface area contributed by atoms with E-state index in [1.54, 1.807) is 0 Å². The van der Waals surface area contributed by atoms with Gasteiger partial charge in [-0.2, -0.15) is 13.2 Å². The number of benzene rings is 1. The lowest BCUT2D eigenvalue weighted by Gasteiger charge is -2.18. The van der Waals surface area contributed by atoms with Gasteiger partial charge in [-0.25, -0.2) is 0 Å². The van der Waals surface area contributed by atoms with Crippen molar-refractivity contribution in [2.45, 2.75) is 25.6 Å². The van der Waals surface area contributed by atoms with Gasteiger partial charge in [0.15, 0.2) is 5.75 Å². The van der Waals surface area contributed by atoms with E-state index in [4.69, 9.17) is 5.11 Å². The Balaban J connectivity index is 2.14. The van der Waals surface area contributed by atoms with Crippen LogP contribution in [0.5, 0.6) is 11.6 Å². The van der Waals surface area contributed by atoms with Gasteiger partial charge in [-0.1, -0.05) is 18.2 Å². The summed E-state index contributed by atoms with van der Waals surface area (Å²) in [5.74, 6) is -6.21. The number of hydrogen-bond acceptors (Lipinski definition) is 6. The standard InChI is InChI=1S/C21H20F3N3O7/c22-21(23,24)12-4-2-1-3-11(12)9-27-19(33)14(17(31)25-7-10-5-6-10)16(30)15(20(27)34)18(32)26-8-13(28)29/h1-4,10,30,34H,5-9H2,(H,25,31)(H,26,32)(H,28,29). The molecule has 5 N–H and O–H groups in total. The van der Waals surface area contributed by atoms with E-state index in [2.05, 4.69) is 5.32 Å². The van der Waals surface area contributed by atoms with Crippen LogP contribution in [-0.2, 0) is 17.5 Å². The number of aromatic nitrogens is 1. The fourth-order valence-electron chi connectivity index (χ4n) is 3.26. The number of alkyl halides is 3. The van der Waals surface area contributed by atoms with Gasteiger partial charge < -0.3 is 26.0 Å². The number of aliphatic carboxylic acids is 1. The van der Waals surface area contributed by atoms with Crippen LogP contribution in [0.2, 0.25) is 0 Å². The molecule has 2 aromatic rings. The Morgan fingerprint density at radius 3 is 2.24 bits per heavy atom. The number of nitrogens with zero attached hydrogens (tertiary/aromatic N) is 1. The molecule has 1 aliphatic carbocycles. The second-order valence-corrected chi connectivity index (χ2v) is 7.70. The number of carboxylic acid groups (broad SMARTS) is 1. The maximum Gasteiger partial charge on any atom is 0.416 e. The molecule has 0 radical (unpaired) electrons. The minimum absolute atomic E-state index is 0.163. The van der Waals surface area contributed by atoms with Crippen molar-refractivity contribution in [2.75, 3.05) is 13.1 Å². The SMILES string of the molecule is O=C(O)CNC(=O)c1c(O)c(C(=O)NCC2CC2)c(=O)n(Cc2ccccc2C(F)(F)F)c1O. The molecule has 34 heavy (non-hydrogen) atoms. The van der Waals surface area contributed by atoms with Crippen LogP contribution in [-0.4, -0.2) is 50.8 Å². The molecule has 1 aromatic heterocycles. The zero-order valence-corrected chi connectivity index (χ0v) is 17.5. The maximum absolute atomic E-state index is 13.4. The van der Waals surface area contributed by atoms with Crippen LogP contribution < -0.4 is 16.2 Å². The predicted octanol–water partition coefficient (Wildman–Crippen LogP) is 1.28. The van der Waals surface area contributed by atoms with Crippen LogP contribution in [0.1, 0.15) is 44.7 Å². The van der Waals surface area contributed by atoms with Gasteiger partial charge in [0.2, 0.25) is 5.88 Å². The minimum Gasteiger partial charge on any atom is -0.506 e. The van der Waals surface area contributed by atoms with Crippen molar-refractivity contribution in [3.8, 4) is 11.6 Å². The average molecular weight is 483 g/mol. The van der Waals surface area contributed by atoms with Gasteiger partial charge in [0.25, 0.3) is 17.4 Å². The summed E-state index contributed by atoms with van der Waals surface area (Å²) in [5.41, 5.74) is -4.91. The van der Waals surface area contributed by atoms with Crippen LogP contribution >= 0.6 is 0 Å². The summed E-state index contributed by atoms with van der Waals surface area (Å²) in [6.07, 6.45) is -3.13. The Hall–Kier alpha value is -4.03. The molecule has 10 nitrogen and oxygen atoms in total. The molecule has 0 spiro atoms. The zero-order valence-electron chi connectivity index (χ0n) is 17.5. The molecule has 1 fully saturated rings. The fraction of sp³-hybridized carbons (Fsp3) is 0.333. The molecule has 3 rings (SSSR count). The first-order valence-corrected chi connectivity index (χ1v) is 10.0. The largest absolute Gasteiger partial charge is 0.506 e. The van der Waals surface area contributed by atoms with Gasteiger partial charge in [0.05, 0.1) is 12.1 Å². The highest BCUT2D eigenvalue weighted by atomic mass is 19.4. The van der Waals surface area contributed by atoms with Gasteiger partial charge in [-0.3, -0.25) is 23.7 Å². The number of hydrogen-bond donors (Lipinski definition) is 5. The summed E-state index contributed by atoms with van der Waals surface area (Å²) in [7, 11) is 0. The van der Waals surface area contributed by atoms with Crippen molar-refractivity contribution in [2.24, 2.45) is 5.92 Å². The number of carbonyl (C=O) groups excluding carboxylic acids is 2. The second-order valence-electron chi connectivity index (χ2n) is 7.70. The van der Waals surface area contributed by atoms with Crippen molar-refractivity contribution < 1.29 is 42.9 Å². The van der Waals surface area contributed by atoms with Gasteiger partial charge in [-0.15, -0.1) is 0 Å². The summed E-state index contributed by atoms with van der Waals surface area (Å²) in [6, 6.07) is 4.17. The van der Waals surface area contributed by atoms with Crippen molar-refractivity contribution >= 4 is 17.8 Å². The van der Waals surface area contributed by atoms with E-state index in [1.807, 2.05) is 5.32 Å². The number of aromatic hydroxyl groups is 2. The topological polar surface area (TPSA) is 158 Å². The first-order chi connectivity index (χ1) is 15.9. The fourth-order valence-corrected chi connectivity index (χ4v) is 3.26. The Labute approximate surface area is 189 Å². The molecule has 0 unspecified atom stereocenters. The third-order valence-corrected chi connectivity index (χ3v) is 5.17. The maximum atomic E-state index is 13.4. The Morgan fingerprint density at radius 1 is 1.03 bits per heavy atom. The molecule has 1 aliphatic rings. The van der Waals surface area contributed by atoms with E-state index in [-0.39, 0.29) is 12.5 Å². The lowest BCUT2D eigenvalue weighted by molar-refractivity contribution is -0.138. The molecule has 0 saturated heterocycles. The van der Waals surface area contributed by atoms with Gasteiger partial charge in [-0.05, 0) is 30.4 Å². The summed E-state index contributed by atoms with van der Waals surface area (Å²) in [5, 5.41) is 34.1. The first-order valence-electron chi connectivity index (χ1n) is 10.0. The van der Waals surface area contributed by atoms with Crippen molar-refractivity contribution in [3.05, 3.63) is 56.9 Å². The summed E-state index contributed by atoms with van der Waals surface area (Å²) < 4.78 is 40.6. The molecular formula is C21H20F3N3O7. The highest BCUT2D eigenvalue weighted by molar-refractivity contribution is 6.05. The third kappa shape index (κ3) is 5.30. The van der Waals surface area contributed by atoms with Crippen LogP contribution in [0, 0.1) is 5.92 Å². The lowest BCUT2D eigenvalue weighted by atomic mass is 10.1. The number of halogens is 3. The molecule has 1 saturated carbocycles. The molecule has 1 heterocycles. The van der Waals surface area contributed by atoms with Crippen LogP contribution in [0.15, 0.2) is 29.1 Å². The molecular weight excluding hydrogens is 463 g/mol. The van der Waals surface area contributed by atoms with Crippen LogP contribution in [0.3, 0.4) is 0 Å². The molecule has 182 valence electrons. The van der Waals surface area contributed by atoms with E-state index in [0.717, 1.165) is 31.0 Å². The number of carbonyl (C=O) groups is 3. The van der Waals surface area contributed by atoms with Crippen LogP contribution in [0.25, 0.3) is 0 Å². The highest BCUT2D eigenvalue weighted by Crippen LogP contribution is 2.34. The van der Waals surface area contributed by atoms with E-state index in [0.29, 0.717) is 4.57 Å². The quantitative estimate of drug-likeness (QED) is 0.378. The average Bonchev–Trinajstić information content (AvgIpc) is 3.58. The van der Waals surface area contributed by atoms with Crippen molar-refractivity contribution in [3.63, 3.8) is 0 Å². The second kappa shape index (κ2) is 9.45. The smallest absolute Gasteiger partial charge is 0.416 e. The Bertz CT molecular complexity index is 1200. The first kappa shape index (κ1) is 24.6. The molecule has 0 bridgehead atoms. The minimum atomic E-state index is -4.81. The lowest BCUT2D eigenvalue weighted by Crippen LogP contribution is -2.37. The zero-order chi connectivity index (χ0) is 25.2. The van der Waals surface area contributed by atoms with E-state index >= 15 is 0 Å². The Morgan fingerprint density at radius 2 is 1.65 bits per heavy atom. The molecule has 0 aliphatic heterocycles. The summed E-state index contributed by atoms with van der Waals surface area (Å²) in [6.45, 7) is -1.67. The van der Waals surface area contributed by atoms with Crippen molar-refractivity contribution in [1.82, 2.24) is 15.2 Å². The number of carboxylic acids is 1. The highest BCUT2D eigenvalue weighted by Gasteiger charge is 2.35. The van der Waals surface area contributed by atoms with E-state index < -0.39 is 76.5 Å². The summed E-state index contributed by atoms with van der Waals surface area (Å²) >= 11 is 0. The Kier molecular flexibility index (Phi) is 6.84. The van der Waals surface area contributed by atoms with Crippen molar-refractivity contribution in [1.29, 1.82) is 0 Å². The number of rotatable bonds is 8. The van der Waals surface area contributed by atoms with Gasteiger partial charge in [0, 0.05) is 6.54 Å². The normalized spacial score (nSPS) is 13.4. The molecule has 0 atom stereocenters. The van der Waals surface area contributed by atoms with E-state index in [9.17, 15) is 42.6 Å². The van der Waals surface area contributed by atoms with E-state index in [1.165, 1.54) is 6.07 Å². The number of pyridine rings is 1. The van der Waals surface area contributed by atoms with Crippen LogP contribution in [0.4, 0.5) is 13.2 Å². The molecule has 13 heteroatoms. The predicted molar refractivity (Wildman–Crippen MR) is 110 cm³/mol. The van der Waals surface area contributed by atoms with Gasteiger partial charge >= 0.3 is 12.1 Å². The van der Waals surface area contributed by atoms with Gasteiger partial charge in [0.1, 0.15) is 17.7 Å².